The molecule has 2 N–H and O–H groups in total. The Kier molecular flexibility index (Phi) is 5.55. The molecule has 0 radical (unpaired) electrons. The Hall–Kier alpha value is -0.200. The monoisotopic (exact) mass is 378 g/mol. The van der Waals surface area contributed by atoms with Gasteiger partial charge in [-0.25, -0.2) is 0 Å². The van der Waals surface area contributed by atoms with Gasteiger partial charge in [-0.05, 0) is 32.5 Å². The van der Waals surface area contributed by atoms with E-state index in [-0.39, 0.29) is 13.0 Å². The molecule has 0 aliphatic carbocycles. The lowest BCUT2D eigenvalue weighted by molar-refractivity contribution is -0.179. The lowest BCUT2D eigenvalue weighted by atomic mass is 9.98. The maximum Gasteiger partial charge on any atom is 0.164 e. The zero-order valence-corrected chi connectivity index (χ0v) is 14.8. The van der Waals surface area contributed by atoms with Gasteiger partial charge in [-0.15, -0.1) is 0 Å². The molecule has 0 bridgehead atoms. The van der Waals surface area contributed by atoms with E-state index in [0.717, 1.165) is 0 Å². The molecular formula is C15H23BrO6. The van der Waals surface area contributed by atoms with E-state index in [1.54, 1.807) is 27.7 Å². The van der Waals surface area contributed by atoms with Gasteiger partial charge in [-0.2, -0.15) is 0 Å². The molecule has 6 nitrogen and oxygen atoms in total. The van der Waals surface area contributed by atoms with Gasteiger partial charge < -0.3 is 29.2 Å². The summed E-state index contributed by atoms with van der Waals surface area (Å²) in [5.74, 6) is 1.10. The average Bonchev–Trinajstić information content (AvgIpc) is 2.94. The zero-order chi connectivity index (χ0) is 16.5. The molecule has 0 unspecified atom stereocenters. The summed E-state index contributed by atoms with van der Waals surface area (Å²) in [6.45, 7) is 7.32. The van der Waals surface area contributed by atoms with E-state index in [1.165, 1.54) is 0 Å². The first kappa shape index (κ1) is 18.1. The van der Waals surface area contributed by atoms with Crippen LogP contribution in [-0.2, 0) is 18.9 Å². The highest BCUT2D eigenvalue weighted by atomic mass is 79.9. The topological polar surface area (TPSA) is 77.4 Å². The normalized spacial score (nSPS) is 35.7. The Morgan fingerprint density at radius 3 is 2.27 bits per heavy atom. The number of halogens is 1. The van der Waals surface area contributed by atoms with Gasteiger partial charge >= 0.3 is 0 Å². The number of aliphatic hydroxyl groups excluding tert-OH is 2. The summed E-state index contributed by atoms with van der Waals surface area (Å²) in [4.78, 5) is 2.55. The van der Waals surface area contributed by atoms with Gasteiger partial charge in [0.15, 0.2) is 11.6 Å². The Morgan fingerprint density at radius 2 is 1.73 bits per heavy atom. The van der Waals surface area contributed by atoms with Gasteiger partial charge in [0.1, 0.15) is 24.4 Å². The van der Waals surface area contributed by atoms with Crippen LogP contribution < -0.4 is 0 Å². The van der Waals surface area contributed by atoms with Crippen molar-refractivity contribution in [3.63, 3.8) is 0 Å². The van der Waals surface area contributed by atoms with Crippen LogP contribution in [0.4, 0.5) is 0 Å². The average molecular weight is 379 g/mol. The third-order valence-corrected chi connectivity index (χ3v) is 3.95. The Labute approximate surface area is 139 Å². The molecule has 7 heteroatoms. The predicted octanol–water partition coefficient (Wildman–Crippen LogP) is 1.13. The maximum atomic E-state index is 10.6. The van der Waals surface area contributed by atoms with Crippen molar-refractivity contribution in [3.05, 3.63) is 0 Å². The first-order valence-corrected chi connectivity index (χ1v) is 8.06. The molecule has 0 spiro atoms. The van der Waals surface area contributed by atoms with Crippen LogP contribution in [0.5, 0.6) is 0 Å². The minimum Gasteiger partial charge on any atom is -0.389 e. The van der Waals surface area contributed by atoms with E-state index in [1.807, 2.05) is 0 Å². The first-order valence-electron chi connectivity index (χ1n) is 7.27. The van der Waals surface area contributed by atoms with Crippen LogP contribution >= 0.6 is 15.9 Å². The lowest BCUT2D eigenvalue weighted by Gasteiger charge is -2.28. The maximum absolute atomic E-state index is 10.6. The number of rotatable bonds is 4. The van der Waals surface area contributed by atoms with E-state index in [0.29, 0.717) is 0 Å². The van der Waals surface area contributed by atoms with Crippen molar-refractivity contribution in [2.75, 3.05) is 6.61 Å². The summed E-state index contributed by atoms with van der Waals surface area (Å²) < 4.78 is 22.7. The molecule has 126 valence electrons. The molecule has 2 rings (SSSR count). The molecule has 2 aliphatic rings. The molecule has 2 aliphatic heterocycles. The lowest BCUT2D eigenvalue weighted by Crippen LogP contribution is -2.48. The predicted molar refractivity (Wildman–Crippen MR) is 82.1 cm³/mol. The molecule has 0 aromatic carbocycles. The van der Waals surface area contributed by atoms with E-state index < -0.39 is 42.1 Å². The van der Waals surface area contributed by atoms with E-state index in [4.69, 9.17) is 18.9 Å². The molecule has 2 saturated heterocycles. The highest BCUT2D eigenvalue weighted by molar-refractivity contribution is 9.12. The van der Waals surface area contributed by atoms with Crippen LogP contribution in [0.25, 0.3) is 0 Å². The molecule has 22 heavy (non-hydrogen) atoms. The fourth-order valence-electron chi connectivity index (χ4n) is 2.73. The van der Waals surface area contributed by atoms with Crippen molar-refractivity contribution in [1.29, 1.82) is 0 Å². The van der Waals surface area contributed by atoms with Gasteiger partial charge in [0, 0.05) is 22.4 Å². The standard InChI is InChI=1S/C15H23BrO6/c1-14(2)19-8-10(20-14)11(18)13-12(9(17)6-5-7-16)21-15(3,4)22-13/h9-13,17-18H,6,8H2,1-4H3/t9-,10+,11+,12+,13-/m0/s1. The second-order valence-corrected chi connectivity index (χ2v) is 6.86. The van der Waals surface area contributed by atoms with Crippen molar-refractivity contribution in [2.45, 2.75) is 76.2 Å². The molecule has 2 fully saturated rings. The quantitative estimate of drug-likeness (QED) is 0.714. The van der Waals surface area contributed by atoms with E-state index in [2.05, 4.69) is 26.7 Å². The van der Waals surface area contributed by atoms with Gasteiger partial charge in [-0.3, -0.25) is 0 Å². The van der Waals surface area contributed by atoms with Crippen molar-refractivity contribution in [3.8, 4) is 10.8 Å². The van der Waals surface area contributed by atoms with Crippen LogP contribution in [0.3, 0.4) is 0 Å². The second-order valence-electron chi connectivity index (χ2n) is 6.47. The zero-order valence-electron chi connectivity index (χ0n) is 13.2. The minimum atomic E-state index is -0.972. The molecular weight excluding hydrogens is 356 g/mol. The smallest absolute Gasteiger partial charge is 0.164 e. The van der Waals surface area contributed by atoms with Crippen LogP contribution in [0.1, 0.15) is 34.1 Å². The fourth-order valence-corrected chi connectivity index (χ4v) is 2.90. The van der Waals surface area contributed by atoms with Gasteiger partial charge in [0.05, 0.1) is 12.7 Å². The summed E-state index contributed by atoms with van der Waals surface area (Å²) >= 11 is 2.99. The SMILES string of the molecule is CC1(C)O[C@@H]([C@H](O)[C@H]2COC(C)(C)O2)[C@@H]([C@@H](O)CC#CBr)O1. The highest BCUT2D eigenvalue weighted by Gasteiger charge is 2.51. The third-order valence-electron chi connectivity index (χ3n) is 3.67. The van der Waals surface area contributed by atoms with Crippen molar-refractivity contribution >= 4 is 15.9 Å². The van der Waals surface area contributed by atoms with Crippen LogP contribution in [0.2, 0.25) is 0 Å². The molecule has 0 aromatic heterocycles. The minimum absolute atomic E-state index is 0.214. The molecule has 2 heterocycles. The second kappa shape index (κ2) is 6.73. The van der Waals surface area contributed by atoms with Gasteiger partial charge in [0.2, 0.25) is 0 Å². The third kappa shape index (κ3) is 4.20. The van der Waals surface area contributed by atoms with Crippen LogP contribution in [-0.4, -0.2) is 58.9 Å². The van der Waals surface area contributed by atoms with Crippen molar-refractivity contribution in [1.82, 2.24) is 0 Å². The number of aliphatic hydroxyl groups is 2. The summed E-state index contributed by atoms with van der Waals surface area (Å²) in [6, 6.07) is 0. The molecule has 0 amide bonds. The Morgan fingerprint density at radius 1 is 1.09 bits per heavy atom. The van der Waals surface area contributed by atoms with Crippen LogP contribution in [0, 0.1) is 10.8 Å². The summed E-state index contributed by atoms with van der Waals surface area (Å²) in [7, 11) is 0. The van der Waals surface area contributed by atoms with E-state index >= 15 is 0 Å². The Bertz CT molecular complexity index is 455. The van der Waals surface area contributed by atoms with Crippen molar-refractivity contribution in [2.24, 2.45) is 0 Å². The molecule has 0 aromatic rings. The first-order chi connectivity index (χ1) is 10.2. The van der Waals surface area contributed by atoms with Crippen molar-refractivity contribution < 1.29 is 29.2 Å². The fraction of sp³-hybridized carbons (Fsp3) is 0.867. The number of ether oxygens (including phenoxy) is 4. The highest BCUT2D eigenvalue weighted by Crippen LogP contribution is 2.35. The van der Waals surface area contributed by atoms with E-state index in [9.17, 15) is 10.2 Å². The number of hydrogen-bond acceptors (Lipinski definition) is 6. The summed E-state index contributed by atoms with van der Waals surface area (Å²) in [5, 5.41) is 20.9. The van der Waals surface area contributed by atoms with Gasteiger partial charge in [0.25, 0.3) is 0 Å². The van der Waals surface area contributed by atoms with Crippen LogP contribution in [0.15, 0.2) is 0 Å². The molecule has 0 saturated carbocycles. The summed E-state index contributed by atoms with van der Waals surface area (Å²) in [6.07, 6.45) is -3.57. The Balaban J connectivity index is 2.09. The van der Waals surface area contributed by atoms with Gasteiger partial charge in [-0.1, -0.05) is 5.92 Å². The summed E-state index contributed by atoms with van der Waals surface area (Å²) in [5.41, 5.74) is 0. The molecule has 5 atom stereocenters. The largest absolute Gasteiger partial charge is 0.389 e. The number of hydrogen-bond donors (Lipinski definition) is 2.